The largest absolute Gasteiger partial charge is 0.513 e. The van der Waals surface area contributed by atoms with E-state index < -0.39 is 6.16 Å². The van der Waals surface area contributed by atoms with E-state index in [-0.39, 0.29) is 12.4 Å². The minimum absolute atomic E-state index is 0.255. The van der Waals surface area contributed by atoms with Crippen molar-refractivity contribution in [2.75, 3.05) is 20.8 Å². The number of benzene rings is 1. The van der Waals surface area contributed by atoms with Crippen molar-refractivity contribution in [3.8, 4) is 17.2 Å². The number of rotatable bonds is 4. The standard InChI is InChI=1S/C11H14O5/c1-4-15-11(12)16-9-7-5-6-8(13-2)10(9)14-3/h5-7H,4H2,1-3H3. The van der Waals surface area contributed by atoms with E-state index in [1.807, 2.05) is 0 Å². The first kappa shape index (κ1) is 12.2. The van der Waals surface area contributed by atoms with Gasteiger partial charge in [0.15, 0.2) is 11.5 Å². The number of para-hydroxylation sites is 1. The maximum absolute atomic E-state index is 11.1. The van der Waals surface area contributed by atoms with E-state index in [9.17, 15) is 4.79 Å². The van der Waals surface area contributed by atoms with Crippen molar-refractivity contribution in [2.24, 2.45) is 0 Å². The molecule has 0 spiro atoms. The topological polar surface area (TPSA) is 54.0 Å². The SMILES string of the molecule is CCOC(=O)Oc1cccc(OC)c1OC. The molecule has 1 rings (SSSR count). The minimum Gasteiger partial charge on any atom is -0.493 e. The molecule has 0 radical (unpaired) electrons. The fourth-order valence-corrected chi connectivity index (χ4v) is 1.18. The van der Waals surface area contributed by atoms with Gasteiger partial charge in [-0.1, -0.05) is 6.07 Å². The van der Waals surface area contributed by atoms with Crippen molar-refractivity contribution in [3.05, 3.63) is 18.2 Å². The summed E-state index contributed by atoms with van der Waals surface area (Å²) >= 11 is 0. The first-order chi connectivity index (χ1) is 7.72. The zero-order chi connectivity index (χ0) is 12.0. The van der Waals surface area contributed by atoms with Gasteiger partial charge in [0.25, 0.3) is 0 Å². The fraction of sp³-hybridized carbons (Fsp3) is 0.364. The minimum atomic E-state index is -0.769. The average Bonchev–Trinajstić information content (AvgIpc) is 2.29. The molecule has 0 aliphatic heterocycles. The van der Waals surface area contributed by atoms with E-state index in [1.165, 1.54) is 14.2 Å². The number of carbonyl (C=O) groups excluding carboxylic acids is 1. The van der Waals surface area contributed by atoms with E-state index in [0.29, 0.717) is 11.5 Å². The van der Waals surface area contributed by atoms with E-state index in [4.69, 9.17) is 14.2 Å². The molecule has 0 saturated heterocycles. The Morgan fingerprint density at radius 2 is 1.88 bits per heavy atom. The highest BCUT2D eigenvalue weighted by molar-refractivity contribution is 5.66. The summed E-state index contributed by atoms with van der Waals surface area (Å²) in [7, 11) is 2.97. The van der Waals surface area contributed by atoms with Gasteiger partial charge in [0.05, 0.1) is 20.8 Å². The molecule has 0 aliphatic rings. The Kier molecular flexibility index (Phi) is 4.44. The normalized spacial score (nSPS) is 9.44. The summed E-state index contributed by atoms with van der Waals surface area (Å²) in [5.74, 6) is 1.11. The van der Waals surface area contributed by atoms with E-state index in [0.717, 1.165) is 0 Å². The van der Waals surface area contributed by atoms with Crippen LogP contribution in [-0.4, -0.2) is 27.0 Å². The molecule has 0 aliphatic carbocycles. The smallest absolute Gasteiger partial charge is 0.493 e. The first-order valence-corrected chi connectivity index (χ1v) is 4.78. The Morgan fingerprint density at radius 1 is 1.19 bits per heavy atom. The van der Waals surface area contributed by atoms with E-state index >= 15 is 0 Å². The molecule has 0 N–H and O–H groups in total. The number of hydrogen-bond donors (Lipinski definition) is 0. The third kappa shape index (κ3) is 2.79. The molecule has 0 atom stereocenters. The van der Waals surface area contributed by atoms with Crippen LogP contribution in [-0.2, 0) is 4.74 Å². The molecular weight excluding hydrogens is 212 g/mol. The van der Waals surface area contributed by atoms with Gasteiger partial charge < -0.3 is 18.9 Å². The number of methoxy groups -OCH3 is 2. The molecule has 88 valence electrons. The highest BCUT2D eigenvalue weighted by atomic mass is 16.7. The molecule has 16 heavy (non-hydrogen) atoms. The summed E-state index contributed by atoms with van der Waals surface area (Å²) in [6.07, 6.45) is -0.769. The lowest BCUT2D eigenvalue weighted by atomic mass is 10.3. The second-order valence-electron chi connectivity index (χ2n) is 2.78. The maximum Gasteiger partial charge on any atom is 0.513 e. The highest BCUT2D eigenvalue weighted by Crippen LogP contribution is 2.36. The van der Waals surface area contributed by atoms with Crippen LogP contribution in [0.4, 0.5) is 4.79 Å². The average molecular weight is 226 g/mol. The zero-order valence-electron chi connectivity index (χ0n) is 9.48. The third-order valence-electron chi connectivity index (χ3n) is 1.82. The molecule has 5 heteroatoms. The Labute approximate surface area is 93.9 Å². The van der Waals surface area contributed by atoms with Crippen LogP contribution in [0.5, 0.6) is 17.2 Å². The van der Waals surface area contributed by atoms with Crippen LogP contribution in [0.1, 0.15) is 6.92 Å². The Hall–Kier alpha value is -1.91. The van der Waals surface area contributed by atoms with Gasteiger partial charge in [-0.25, -0.2) is 4.79 Å². The van der Waals surface area contributed by atoms with Gasteiger partial charge in [-0.15, -0.1) is 0 Å². The van der Waals surface area contributed by atoms with Crippen molar-refractivity contribution in [1.82, 2.24) is 0 Å². The predicted molar refractivity (Wildman–Crippen MR) is 57.2 cm³/mol. The van der Waals surface area contributed by atoms with Crippen molar-refractivity contribution in [2.45, 2.75) is 6.92 Å². The van der Waals surface area contributed by atoms with Crippen molar-refractivity contribution in [3.63, 3.8) is 0 Å². The van der Waals surface area contributed by atoms with Gasteiger partial charge >= 0.3 is 6.16 Å². The monoisotopic (exact) mass is 226 g/mol. The molecule has 0 bridgehead atoms. The van der Waals surface area contributed by atoms with Crippen molar-refractivity contribution < 1.29 is 23.7 Å². The molecular formula is C11H14O5. The van der Waals surface area contributed by atoms with Crippen LogP contribution in [0.25, 0.3) is 0 Å². The number of ether oxygens (including phenoxy) is 4. The molecule has 0 fully saturated rings. The number of hydrogen-bond acceptors (Lipinski definition) is 5. The van der Waals surface area contributed by atoms with Gasteiger partial charge in [-0.05, 0) is 19.1 Å². The molecule has 1 aromatic rings. The quantitative estimate of drug-likeness (QED) is 0.582. The van der Waals surface area contributed by atoms with E-state index in [2.05, 4.69) is 4.74 Å². The lowest BCUT2D eigenvalue weighted by Crippen LogP contribution is -2.10. The third-order valence-corrected chi connectivity index (χ3v) is 1.82. The molecule has 1 aromatic carbocycles. The van der Waals surface area contributed by atoms with Gasteiger partial charge in [0.1, 0.15) is 0 Å². The summed E-state index contributed by atoms with van der Waals surface area (Å²) in [6.45, 7) is 1.95. The van der Waals surface area contributed by atoms with E-state index in [1.54, 1.807) is 25.1 Å². The van der Waals surface area contributed by atoms with Gasteiger partial charge in [0.2, 0.25) is 5.75 Å². The molecule has 0 saturated carbocycles. The van der Waals surface area contributed by atoms with Crippen LogP contribution in [0.2, 0.25) is 0 Å². The summed E-state index contributed by atoms with van der Waals surface area (Å²) in [5.41, 5.74) is 0. The Morgan fingerprint density at radius 3 is 2.44 bits per heavy atom. The second-order valence-corrected chi connectivity index (χ2v) is 2.78. The summed E-state index contributed by atoms with van der Waals surface area (Å²) in [6, 6.07) is 4.99. The molecule has 5 nitrogen and oxygen atoms in total. The summed E-state index contributed by atoms with van der Waals surface area (Å²) in [5, 5.41) is 0. The molecule has 0 unspecified atom stereocenters. The van der Waals surface area contributed by atoms with Crippen molar-refractivity contribution in [1.29, 1.82) is 0 Å². The number of carbonyl (C=O) groups is 1. The molecule has 0 heterocycles. The van der Waals surface area contributed by atoms with Crippen LogP contribution in [0, 0.1) is 0 Å². The van der Waals surface area contributed by atoms with Crippen LogP contribution in [0.15, 0.2) is 18.2 Å². The summed E-state index contributed by atoms with van der Waals surface area (Å²) < 4.78 is 19.8. The second kappa shape index (κ2) is 5.85. The van der Waals surface area contributed by atoms with Gasteiger partial charge in [0, 0.05) is 0 Å². The van der Waals surface area contributed by atoms with Gasteiger partial charge in [-0.3, -0.25) is 0 Å². The van der Waals surface area contributed by atoms with Gasteiger partial charge in [-0.2, -0.15) is 0 Å². The lowest BCUT2D eigenvalue weighted by Gasteiger charge is -2.11. The van der Waals surface area contributed by atoms with Crippen LogP contribution in [0.3, 0.4) is 0 Å². The first-order valence-electron chi connectivity index (χ1n) is 4.78. The van der Waals surface area contributed by atoms with Crippen molar-refractivity contribution >= 4 is 6.16 Å². The fourth-order valence-electron chi connectivity index (χ4n) is 1.18. The lowest BCUT2D eigenvalue weighted by molar-refractivity contribution is 0.103. The Balaban J connectivity index is 2.90. The summed E-state index contributed by atoms with van der Waals surface area (Å²) in [4.78, 5) is 11.1. The Bertz CT molecular complexity index is 361. The van der Waals surface area contributed by atoms with Crippen LogP contribution >= 0.6 is 0 Å². The van der Waals surface area contributed by atoms with Crippen LogP contribution < -0.4 is 14.2 Å². The maximum atomic E-state index is 11.1. The molecule has 0 aromatic heterocycles. The predicted octanol–water partition coefficient (Wildman–Crippen LogP) is 2.24. The highest BCUT2D eigenvalue weighted by Gasteiger charge is 2.14. The zero-order valence-corrected chi connectivity index (χ0v) is 9.48. The molecule has 0 amide bonds.